The highest BCUT2D eigenvalue weighted by Gasteiger charge is 2.18. The van der Waals surface area contributed by atoms with Crippen molar-refractivity contribution >= 4 is 16.4 Å². The molecule has 0 bridgehead atoms. The Hall–Kier alpha value is -1.50. The van der Waals surface area contributed by atoms with Gasteiger partial charge in [0.1, 0.15) is 16.5 Å². The molecule has 0 unspecified atom stereocenters. The van der Waals surface area contributed by atoms with Crippen molar-refractivity contribution < 1.29 is 22.0 Å². The molecule has 0 saturated heterocycles. The highest BCUT2D eigenvalue weighted by Crippen LogP contribution is 2.14. The summed E-state index contributed by atoms with van der Waals surface area (Å²) in [5, 5.41) is 0. The predicted molar refractivity (Wildman–Crippen MR) is 42.4 cm³/mol. The topological polar surface area (TPSA) is 63.2 Å². The molecule has 0 atom stereocenters. The molecule has 1 aromatic carbocycles. The molecule has 0 aliphatic rings. The summed E-state index contributed by atoms with van der Waals surface area (Å²) in [4.78, 5) is 8.96. The van der Waals surface area contributed by atoms with Crippen molar-refractivity contribution in [1.82, 2.24) is 4.72 Å². The molecular weight excluding hydrogens is 216 g/mol. The number of nitrogens with one attached hydrogen (secondary N) is 1. The van der Waals surface area contributed by atoms with Crippen LogP contribution in [0.2, 0.25) is 0 Å². The van der Waals surface area contributed by atoms with Crippen LogP contribution in [0.5, 0.6) is 0 Å². The molecule has 75 valence electrons. The minimum Gasteiger partial charge on any atom is -0.262 e. The van der Waals surface area contributed by atoms with E-state index in [0.29, 0.717) is 12.1 Å². The Morgan fingerprint density at radius 2 is 1.93 bits per heavy atom. The highest BCUT2D eigenvalue weighted by atomic mass is 32.2. The highest BCUT2D eigenvalue weighted by molar-refractivity contribution is 7.90. The van der Waals surface area contributed by atoms with Gasteiger partial charge >= 0.3 is 6.41 Å². The van der Waals surface area contributed by atoms with Crippen LogP contribution in [0.25, 0.3) is 0 Å². The Morgan fingerprint density at radius 3 is 2.43 bits per heavy atom. The molecule has 0 heterocycles. The lowest BCUT2D eigenvalue weighted by Gasteiger charge is -2.02. The normalized spacial score (nSPS) is 11.0. The summed E-state index contributed by atoms with van der Waals surface area (Å²) in [5.41, 5.74) is 0. The number of halogens is 2. The largest absolute Gasteiger partial charge is 0.324 e. The number of benzene rings is 1. The van der Waals surface area contributed by atoms with Gasteiger partial charge in [0.15, 0.2) is 0 Å². The Balaban J connectivity index is 3.26. The summed E-state index contributed by atoms with van der Waals surface area (Å²) in [5.74, 6) is -2.18. The summed E-state index contributed by atoms with van der Waals surface area (Å²) in [6.45, 7) is 0. The second-order valence-corrected chi connectivity index (χ2v) is 3.93. The first-order valence-electron chi connectivity index (χ1n) is 3.31. The van der Waals surface area contributed by atoms with Crippen molar-refractivity contribution in [1.29, 1.82) is 0 Å². The van der Waals surface area contributed by atoms with Crippen LogP contribution in [-0.4, -0.2) is 14.8 Å². The molecule has 1 rings (SSSR count). The van der Waals surface area contributed by atoms with Gasteiger partial charge < -0.3 is 0 Å². The molecule has 4 nitrogen and oxygen atoms in total. The van der Waals surface area contributed by atoms with Gasteiger partial charge in [0.25, 0.3) is 10.0 Å². The van der Waals surface area contributed by atoms with Crippen molar-refractivity contribution in [2.45, 2.75) is 4.90 Å². The van der Waals surface area contributed by atoms with Crippen molar-refractivity contribution in [3.8, 4) is 0 Å². The van der Waals surface area contributed by atoms with Crippen LogP contribution >= 0.6 is 0 Å². The second kappa shape index (κ2) is 3.70. The maximum Gasteiger partial charge on any atom is 0.324 e. The molecule has 1 radical (unpaired) electrons. The summed E-state index contributed by atoms with van der Waals surface area (Å²) in [6, 6.07) is 1.88. The Bertz CT molecular complexity index is 458. The van der Waals surface area contributed by atoms with E-state index in [4.69, 9.17) is 0 Å². The zero-order valence-corrected chi connectivity index (χ0v) is 7.44. The van der Waals surface area contributed by atoms with E-state index in [1.165, 1.54) is 4.72 Å². The first-order chi connectivity index (χ1) is 6.47. The zero-order chi connectivity index (χ0) is 10.8. The van der Waals surface area contributed by atoms with Crippen LogP contribution in [0.4, 0.5) is 8.78 Å². The number of hydrogen-bond acceptors (Lipinski definition) is 3. The fraction of sp³-hybridized carbons (Fsp3) is 0. The number of carbonyl (C=O) groups excluding carboxylic acids is 1. The Morgan fingerprint density at radius 1 is 1.29 bits per heavy atom. The van der Waals surface area contributed by atoms with Gasteiger partial charge in [-0.3, -0.25) is 4.79 Å². The van der Waals surface area contributed by atoms with Crippen LogP contribution in [-0.2, 0) is 14.8 Å². The van der Waals surface area contributed by atoms with E-state index in [1.54, 1.807) is 0 Å². The molecule has 1 amide bonds. The maximum absolute atomic E-state index is 12.9. The molecule has 1 N–H and O–H groups in total. The third kappa shape index (κ3) is 2.05. The van der Waals surface area contributed by atoms with Gasteiger partial charge in [0.05, 0.1) is 0 Å². The van der Waals surface area contributed by atoms with Gasteiger partial charge in [-0.25, -0.2) is 21.9 Å². The fourth-order valence-corrected chi connectivity index (χ4v) is 1.59. The summed E-state index contributed by atoms with van der Waals surface area (Å²) >= 11 is 0. The lowest BCUT2D eigenvalue weighted by Crippen LogP contribution is -2.22. The molecule has 0 saturated carbocycles. The summed E-state index contributed by atoms with van der Waals surface area (Å²) < 4.78 is 48.6. The number of sulfonamides is 1. The molecule has 14 heavy (non-hydrogen) atoms. The average Bonchev–Trinajstić information content (AvgIpc) is 2.02. The number of hydrogen-bond donors (Lipinski definition) is 1. The smallest absolute Gasteiger partial charge is 0.262 e. The van der Waals surface area contributed by atoms with Crippen LogP contribution in [0.15, 0.2) is 23.1 Å². The maximum atomic E-state index is 12.9. The van der Waals surface area contributed by atoms with Gasteiger partial charge in [-0.05, 0) is 12.1 Å². The lowest BCUT2D eigenvalue weighted by molar-refractivity contribution is 0.538. The molecule has 0 aromatic heterocycles. The van der Waals surface area contributed by atoms with E-state index in [1.807, 2.05) is 0 Å². The van der Waals surface area contributed by atoms with Crippen molar-refractivity contribution in [3.63, 3.8) is 0 Å². The predicted octanol–water partition coefficient (Wildman–Crippen LogP) is 0.310. The van der Waals surface area contributed by atoms with Crippen LogP contribution in [0.3, 0.4) is 0 Å². The monoisotopic (exact) mass is 220 g/mol. The van der Waals surface area contributed by atoms with Gasteiger partial charge in [-0.1, -0.05) is 0 Å². The van der Waals surface area contributed by atoms with E-state index < -0.39 is 26.6 Å². The lowest BCUT2D eigenvalue weighted by atomic mass is 10.3. The number of rotatable bonds is 3. The van der Waals surface area contributed by atoms with Crippen LogP contribution in [0, 0.1) is 11.6 Å². The van der Waals surface area contributed by atoms with Crippen molar-refractivity contribution in [2.24, 2.45) is 0 Å². The molecule has 0 aliphatic heterocycles. The minimum atomic E-state index is -4.27. The molecule has 0 fully saturated rings. The van der Waals surface area contributed by atoms with E-state index in [9.17, 15) is 22.0 Å². The van der Waals surface area contributed by atoms with Gasteiger partial charge in [0, 0.05) is 6.07 Å². The van der Waals surface area contributed by atoms with E-state index >= 15 is 0 Å². The number of amides is 1. The molecular formula is C7H4F2NO3S. The minimum absolute atomic E-state index is 0.402. The van der Waals surface area contributed by atoms with Gasteiger partial charge in [-0.2, -0.15) is 0 Å². The van der Waals surface area contributed by atoms with Crippen LogP contribution < -0.4 is 4.72 Å². The second-order valence-electron chi connectivity index (χ2n) is 2.28. The van der Waals surface area contributed by atoms with Crippen LogP contribution in [0.1, 0.15) is 0 Å². The van der Waals surface area contributed by atoms with Gasteiger partial charge in [0.2, 0.25) is 0 Å². The fourth-order valence-electron chi connectivity index (χ4n) is 0.803. The summed E-state index contributed by atoms with van der Waals surface area (Å²) in [7, 11) is -4.27. The van der Waals surface area contributed by atoms with E-state index in [-0.39, 0.29) is 0 Å². The quantitative estimate of drug-likeness (QED) is 0.745. The van der Waals surface area contributed by atoms with E-state index in [0.717, 1.165) is 12.5 Å². The first-order valence-corrected chi connectivity index (χ1v) is 4.79. The zero-order valence-electron chi connectivity index (χ0n) is 6.62. The third-order valence-corrected chi connectivity index (χ3v) is 2.62. The standard InChI is InChI=1S/C7H4F2NO3S/c8-5-1-2-7(6(9)3-5)14(12,13)10-4-11/h1-3H,(H,10,11). The van der Waals surface area contributed by atoms with E-state index in [2.05, 4.69) is 0 Å². The van der Waals surface area contributed by atoms with Crippen molar-refractivity contribution in [2.75, 3.05) is 0 Å². The molecule has 7 heteroatoms. The molecule has 1 aromatic rings. The first kappa shape index (κ1) is 10.6. The molecule has 0 aliphatic carbocycles. The van der Waals surface area contributed by atoms with Gasteiger partial charge in [-0.15, -0.1) is 0 Å². The SMILES string of the molecule is O=[C]NS(=O)(=O)c1ccc(F)cc1F. The third-order valence-electron chi connectivity index (χ3n) is 1.36. The Labute approximate surface area is 78.6 Å². The average molecular weight is 220 g/mol. The van der Waals surface area contributed by atoms with Crippen molar-refractivity contribution in [3.05, 3.63) is 29.8 Å². The molecule has 0 spiro atoms. The Kier molecular flexibility index (Phi) is 2.80. The summed E-state index contributed by atoms with van der Waals surface area (Å²) in [6.07, 6.45) is 0.900.